The molecule has 1 aromatic heterocycles. The first-order valence-corrected chi connectivity index (χ1v) is 7.29. The van der Waals surface area contributed by atoms with Gasteiger partial charge in [0, 0.05) is 17.0 Å². The molecular formula is C16H19NOS. The van der Waals surface area contributed by atoms with Gasteiger partial charge in [-0.05, 0) is 32.3 Å². The smallest absolute Gasteiger partial charge is 0.179 e. The number of carbonyl (C=O) groups excluding carboxylic acids is 1. The number of nitrogens with zero attached hydrogens (tertiary/aromatic N) is 1. The van der Waals surface area contributed by atoms with Crippen LogP contribution < -0.4 is 0 Å². The van der Waals surface area contributed by atoms with Gasteiger partial charge in [-0.1, -0.05) is 35.9 Å². The van der Waals surface area contributed by atoms with Crippen molar-refractivity contribution in [1.82, 2.24) is 4.90 Å². The topological polar surface area (TPSA) is 20.3 Å². The lowest BCUT2D eigenvalue weighted by Crippen LogP contribution is -2.35. The van der Waals surface area contributed by atoms with E-state index in [9.17, 15) is 4.79 Å². The van der Waals surface area contributed by atoms with Crippen molar-refractivity contribution in [3.63, 3.8) is 0 Å². The maximum absolute atomic E-state index is 12.4. The molecule has 0 fully saturated rings. The highest BCUT2D eigenvalue weighted by Crippen LogP contribution is 2.15. The third kappa shape index (κ3) is 3.52. The molecule has 0 N–H and O–H groups in total. The second kappa shape index (κ2) is 6.13. The molecule has 100 valence electrons. The summed E-state index contributed by atoms with van der Waals surface area (Å²) in [6.45, 7) is 4.81. The van der Waals surface area contributed by atoms with Crippen molar-refractivity contribution in [1.29, 1.82) is 0 Å². The predicted molar refractivity (Wildman–Crippen MR) is 80.8 cm³/mol. The summed E-state index contributed by atoms with van der Waals surface area (Å²) in [5, 5.41) is 2.07. The summed E-state index contributed by atoms with van der Waals surface area (Å²) < 4.78 is 0. The summed E-state index contributed by atoms with van der Waals surface area (Å²) in [6.07, 6.45) is 0. The highest BCUT2D eigenvalue weighted by atomic mass is 32.1. The Morgan fingerprint density at radius 2 is 1.95 bits per heavy atom. The van der Waals surface area contributed by atoms with E-state index in [1.54, 1.807) is 11.3 Å². The molecule has 2 nitrogen and oxygen atoms in total. The Hall–Kier alpha value is -1.45. The molecule has 0 aliphatic rings. The fourth-order valence-corrected chi connectivity index (χ4v) is 2.71. The zero-order valence-electron chi connectivity index (χ0n) is 11.6. The van der Waals surface area contributed by atoms with Gasteiger partial charge in [0.15, 0.2) is 5.78 Å². The molecule has 0 aliphatic heterocycles. The standard InChI is InChI=1S/C16H19NOS/c1-12-6-8-14(9-7-12)16(18)13(2)17(3)11-15-5-4-10-19-15/h4-10,13H,11H2,1-3H3. The van der Waals surface area contributed by atoms with Gasteiger partial charge in [0.1, 0.15) is 0 Å². The average molecular weight is 273 g/mol. The van der Waals surface area contributed by atoms with Crippen LogP contribution in [0.15, 0.2) is 41.8 Å². The molecule has 0 saturated heterocycles. The van der Waals surface area contributed by atoms with Gasteiger partial charge >= 0.3 is 0 Å². The summed E-state index contributed by atoms with van der Waals surface area (Å²) in [5.41, 5.74) is 1.97. The number of rotatable bonds is 5. The second-order valence-corrected chi connectivity index (χ2v) is 5.93. The van der Waals surface area contributed by atoms with Crippen molar-refractivity contribution in [2.24, 2.45) is 0 Å². The molecule has 0 amide bonds. The lowest BCUT2D eigenvalue weighted by Gasteiger charge is -2.23. The Bertz CT molecular complexity index is 530. The second-order valence-electron chi connectivity index (χ2n) is 4.90. The van der Waals surface area contributed by atoms with Crippen molar-refractivity contribution in [3.05, 3.63) is 57.8 Å². The summed E-state index contributed by atoms with van der Waals surface area (Å²) in [4.78, 5) is 15.8. The third-order valence-electron chi connectivity index (χ3n) is 3.36. The van der Waals surface area contributed by atoms with Crippen LogP contribution in [-0.4, -0.2) is 23.8 Å². The third-order valence-corrected chi connectivity index (χ3v) is 4.22. The number of likely N-dealkylation sites (N-methyl/N-ethyl adjacent to an activating group) is 1. The number of ketones is 1. The largest absolute Gasteiger partial charge is 0.292 e. The first-order valence-electron chi connectivity index (χ1n) is 6.41. The minimum atomic E-state index is -0.107. The zero-order valence-corrected chi connectivity index (χ0v) is 12.4. The van der Waals surface area contributed by atoms with Crippen LogP contribution in [0.2, 0.25) is 0 Å². The molecule has 1 heterocycles. The fraction of sp³-hybridized carbons (Fsp3) is 0.312. The number of hydrogen-bond donors (Lipinski definition) is 0. The van der Waals surface area contributed by atoms with E-state index in [-0.39, 0.29) is 11.8 Å². The minimum absolute atomic E-state index is 0.107. The first-order chi connectivity index (χ1) is 9.08. The number of aryl methyl sites for hydroxylation is 1. The highest BCUT2D eigenvalue weighted by Gasteiger charge is 2.19. The van der Waals surface area contributed by atoms with E-state index in [1.165, 1.54) is 10.4 Å². The molecular weight excluding hydrogens is 254 g/mol. The molecule has 0 radical (unpaired) electrons. The molecule has 2 rings (SSSR count). The molecule has 3 heteroatoms. The van der Waals surface area contributed by atoms with Crippen LogP contribution in [0.4, 0.5) is 0 Å². The van der Waals surface area contributed by atoms with E-state index in [1.807, 2.05) is 51.2 Å². The number of benzene rings is 1. The van der Waals surface area contributed by atoms with Gasteiger partial charge in [0.05, 0.1) is 6.04 Å². The van der Waals surface area contributed by atoms with Crippen LogP contribution in [-0.2, 0) is 6.54 Å². The minimum Gasteiger partial charge on any atom is -0.292 e. The summed E-state index contributed by atoms with van der Waals surface area (Å²) in [6, 6.07) is 11.8. The van der Waals surface area contributed by atoms with Crippen LogP contribution in [0.25, 0.3) is 0 Å². The number of hydrogen-bond acceptors (Lipinski definition) is 3. The monoisotopic (exact) mass is 273 g/mol. The summed E-state index contributed by atoms with van der Waals surface area (Å²) in [5.74, 6) is 0.180. The van der Waals surface area contributed by atoms with Gasteiger partial charge in [-0.2, -0.15) is 0 Å². The van der Waals surface area contributed by atoms with E-state index >= 15 is 0 Å². The van der Waals surface area contributed by atoms with Crippen LogP contribution in [0.5, 0.6) is 0 Å². The molecule has 2 aromatic rings. The van der Waals surface area contributed by atoms with Gasteiger partial charge in [-0.15, -0.1) is 11.3 Å². The first kappa shape index (κ1) is 14.0. The SMILES string of the molecule is Cc1ccc(C(=O)C(C)N(C)Cc2cccs2)cc1. The summed E-state index contributed by atoms with van der Waals surface area (Å²) >= 11 is 1.73. The van der Waals surface area contributed by atoms with Crippen molar-refractivity contribution in [2.45, 2.75) is 26.4 Å². The van der Waals surface area contributed by atoms with E-state index < -0.39 is 0 Å². The van der Waals surface area contributed by atoms with E-state index in [0.717, 1.165) is 12.1 Å². The Balaban J connectivity index is 2.04. The molecule has 1 aromatic carbocycles. The molecule has 0 spiro atoms. The van der Waals surface area contributed by atoms with Gasteiger partial charge in [0.25, 0.3) is 0 Å². The predicted octanol–water partition coefficient (Wildman–Crippen LogP) is 3.76. The Labute approximate surface area is 118 Å². The maximum Gasteiger partial charge on any atom is 0.179 e. The Kier molecular flexibility index (Phi) is 4.51. The molecule has 1 unspecified atom stereocenters. The van der Waals surface area contributed by atoms with Crippen molar-refractivity contribution in [3.8, 4) is 0 Å². The molecule has 19 heavy (non-hydrogen) atoms. The van der Waals surface area contributed by atoms with Gasteiger partial charge in [-0.25, -0.2) is 0 Å². The van der Waals surface area contributed by atoms with Gasteiger partial charge < -0.3 is 0 Å². The number of carbonyl (C=O) groups is 1. The molecule has 0 aliphatic carbocycles. The van der Waals surface area contributed by atoms with Crippen molar-refractivity contribution < 1.29 is 4.79 Å². The Morgan fingerprint density at radius 1 is 1.26 bits per heavy atom. The lowest BCUT2D eigenvalue weighted by molar-refractivity contribution is 0.0863. The van der Waals surface area contributed by atoms with Crippen LogP contribution in [0.3, 0.4) is 0 Å². The highest BCUT2D eigenvalue weighted by molar-refractivity contribution is 7.09. The summed E-state index contributed by atoms with van der Waals surface area (Å²) in [7, 11) is 2.00. The number of thiophene rings is 1. The lowest BCUT2D eigenvalue weighted by atomic mass is 10.0. The van der Waals surface area contributed by atoms with Gasteiger partial charge in [0.2, 0.25) is 0 Å². The molecule has 0 saturated carbocycles. The van der Waals surface area contributed by atoms with Gasteiger partial charge in [-0.3, -0.25) is 9.69 Å². The fourth-order valence-electron chi connectivity index (χ4n) is 1.94. The van der Waals surface area contributed by atoms with Crippen LogP contribution in [0.1, 0.15) is 27.7 Å². The average Bonchev–Trinajstić information content (AvgIpc) is 2.90. The van der Waals surface area contributed by atoms with Crippen LogP contribution in [0, 0.1) is 6.92 Å². The molecule has 1 atom stereocenters. The normalized spacial score (nSPS) is 12.6. The van der Waals surface area contributed by atoms with Crippen LogP contribution >= 0.6 is 11.3 Å². The molecule has 0 bridgehead atoms. The van der Waals surface area contributed by atoms with Crippen molar-refractivity contribution >= 4 is 17.1 Å². The Morgan fingerprint density at radius 3 is 2.53 bits per heavy atom. The van der Waals surface area contributed by atoms with E-state index in [2.05, 4.69) is 16.3 Å². The van der Waals surface area contributed by atoms with E-state index in [4.69, 9.17) is 0 Å². The van der Waals surface area contributed by atoms with E-state index in [0.29, 0.717) is 0 Å². The zero-order chi connectivity index (χ0) is 13.8. The maximum atomic E-state index is 12.4. The van der Waals surface area contributed by atoms with Crippen molar-refractivity contribution in [2.75, 3.05) is 7.05 Å². The quantitative estimate of drug-likeness (QED) is 0.773. The number of Topliss-reactive ketones (excluding diaryl/α,β-unsaturated/α-hetero) is 1.